The number of alkyl halides is 3. The normalized spacial score (nSPS) is 17.7. The molecule has 4 rings (SSSR count). The third-order valence-electron chi connectivity index (χ3n) is 5.71. The molecule has 2 aromatic carbocycles. The molecule has 1 unspecified atom stereocenters. The van der Waals surface area contributed by atoms with Gasteiger partial charge in [0.25, 0.3) is 5.91 Å². The van der Waals surface area contributed by atoms with Crippen LogP contribution in [0.5, 0.6) is 11.5 Å². The van der Waals surface area contributed by atoms with Crippen LogP contribution in [0.1, 0.15) is 47.2 Å². The minimum atomic E-state index is -4.84. The van der Waals surface area contributed by atoms with Gasteiger partial charge in [-0.1, -0.05) is 0 Å². The Hall–Kier alpha value is -2.18. The Morgan fingerprint density at radius 1 is 1.09 bits per heavy atom. The first-order valence-electron chi connectivity index (χ1n) is 10.3. The Morgan fingerprint density at radius 3 is 2.32 bits per heavy atom. The van der Waals surface area contributed by atoms with Crippen LogP contribution in [-0.2, 0) is 17.8 Å². The number of carboxylic acids is 1. The summed E-state index contributed by atoms with van der Waals surface area (Å²) in [6, 6.07) is 9.87. The molecule has 180 valence electrons. The van der Waals surface area contributed by atoms with Gasteiger partial charge in [-0.25, -0.2) is 0 Å². The predicted octanol–water partition coefficient (Wildman–Crippen LogP) is 4.81. The van der Waals surface area contributed by atoms with Gasteiger partial charge in [0.05, 0.1) is 6.10 Å². The summed E-state index contributed by atoms with van der Waals surface area (Å²) < 4.78 is 46.9. The van der Waals surface area contributed by atoms with Gasteiger partial charge in [0, 0.05) is 17.9 Å². The number of hydrogen-bond acceptors (Lipinski definition) is 4. The molecule has 0 bridgehead atoms. The molecule has 2 aliphatic rings. The maximum absolute atomic E-state index is 13.0. The fraction of sp³-hybridized carbons (Fsp3) is 0.375. The predicted molar refractivity (Wildman–Crippen MR) is 113 cm³/mol. The molecule has 2 aromatic rings. The molecule has 10 heteroatoms. The number of ether oxygens (including phenoxy) is 2. The zero-order valence-electron chi connectivity index (χ0n) is 18.5. The van der Waals surface area contributed by atoms with Gasteiger partial charge < -0.3 is 26.9 Å². The van der Waals surface area contributed by atoms with Crippen LogP contribution in [0.25, 0.3) is 0 Å². The number of carbonyl (C=O) groups is 2. The van der Waals surface area contributed by atoms with Crippen molar-refractivity contribution in [1.29, 1.82) is 0 Å². The van der Waals surface area contributed by atoms with Crippen LogP contribution >= 0.6 is 0 Å². The molecule has 1 fully saturated rings. The van der Waals surface area contributed by atoms with E-state index in [9.17, 15) is 27.9 Å². The van der Waals surface area contributed by atoms with Crippen LogP contribution in [0.15, 0.2) is 36.4 Å². The quantitative estimate of drug-likeness (QED) is 0.454. The second-order valence-electron chi connectivity index (χ2n) is 7.94. The van der Waals surface area contributed by atoms with Gasteiger partial charge in [-0.2, -0.15) is 6.07 Å². The van der Waals surface area contributed by atoms with Gasteiger partial charge in [-0.3, -0.25) is 9.59 Å². The Balaban J connectivity index is 0.00000204. The minimum absolute atomic E-state index is 0. The topological polar surface area (TPSA) is 76.1 Å². The van der Waals surface area contributed by atoms with Crippen molar-refractivity contribution in [2.75, 3.05) is 0 Å². The molecule has 34 heavy (non-hydrogen) atoms. The van der Waals surface area contributed by atoms with Crippen LogP contribution in [0.2, 0.25) is 0 Å². The van der Waals surface area contributed by atoms with Crippen molar-refractivity contribution < 1.29 is 68.5 Å². The maximum atomic E-state index is 13.0. The van der Waals surface area contributed by atoms with E-state index in [0.717, 1.165) is 48.9 Å². The van der Waals surface area contributed by atoms with E-state index in [2.05, 4.69) is 10.8 Å². The van der Waals surface area contributed by atoms with Crippen LogP contribution in [0.3, 0.4) is 0 Å². The second kappa shape index (κ2) is 11.5. The van der Waals surface area contributed by atoms with Crippen molar-refractivity contribution in [1.82, 2.24) is 4.90 Å². The first-order valence-corrected chi connectivity index (χ1v) is 10.3. The number of fused-ring (bicyclic) bond motifs is 1. The average Bonchev–Trinajstić information content (AvgIpc) is 3.24. The largest absolute Gasteiger partial charge is 2.00 e. The van der Waals surface area contributed by atoms with Crippen molar-refractivity contribution in [3.8, 4) is 11.5 Å². The fourth-order valence-corrected chi connectivity index (χ4v) is 4.15. The summed E-state index contributed by atoms with van der Waals surface area (Å²) in [7, 11) is 0. The molecule has 1 N–H and O–H groups in total. The molecule has 0 radical (unpaired) electrons. The molecule has 0 saturated heterocycles. The smallest absolute Gasteiger partial charge is 0.516 e. The molecular formula is C24H24F3NO5U. The van der Waals surface area contributed by atoms with E-state index in [1.165, 1.54) is 17.0 Å². The molecule has 1 saturated carbocycles. The summed E-state index contributed by atoms with van der Waals surface area (Å²) in [6.07, 6.45) is -0.418. The van der Waals surface area contributed by atoms with Gasteiger partial charge in [0.2, 0.25) is 0 Å². The molecule has 1 atom stereocenters. The average molecular weight is 701 g/mol. The van der Waals surface area contributed by atoms with Gasteiger partial charge in [-0.15, -0.1) is 36.4 Å². The first kappa shape index (κ1) is 28.1. The number of rotatable bonds is 5. The monoisotopic (exact) mass is 701 g/mol. The van der Waals surface area contributed by atoms with E-state index in [1.54, 1.807) is 12.1 Å². The van der Waals surface area contributed by atoms with E-state index in [1.807, 2.05) is 0 Å². The van der Waals surface area contributed by atoms with Crippen molar-refractivity contribution in [3.05, 3.63) is 66.6 Å². The van der Waals surface area contributed by atoms with Gasteiger partial charge in [0.15, 0.2) is 0 Å². The SMILES string of the molecule is O=C(O)C1Cc2c[c-]c(OC3CCCC3)cc2CN1C(=O)c1ccc(OC(F)(F)F)cc1.[CH3-].[U+2]. The maximum Gasteiger partial charge on any atom is 2.00 e. The van der Waals surface area contributed by atoms with Crippen LogP contribution in [-0.4, -0.2) is 40.4 Å². The Kier molecular flexibility index (Phi) is 9.49. The summed E-state index contributed by atoms with van der Waals surface area (Å²) in [5.74, 6) is -1.65. The summed E-state index contributed by atoms with van der Waals surface area (Å²) in [5.41, 5.74) is 1.60. The third-order valence-corrected chi connectivity index (χ3v) is 5.71. The van der Waals surface area contributed by atoms with E-state index in [4.69, 9.17) is 4.74 Å². The van der Waals surface area contributed by atoms with Crippen LogP contribution < -0.4 is 9.47 Å². The molecular weight excluding hydrogens is 677 g/mol. The van der Waals surface area contributed by atoms with E-state index in [-0.39, 0.29) is 63.2 Å². The molecule has 1 heterocycles. The van der Waals surface area contributed by atoms with Crippen molar-refractivity contribution in [2.45, 2.75) is 57.2 Å². The Bertz CT molecular complexity index is 1010. The minimum Gasteiger partial charge on any atom is -0.516 e. The zero-order chi connectivity index (χ0) is 22.9. The van der Waals surface area contributed by atoms with Crippen LogP contribution in [0, 0.1) is 44.6 Å². The molecule has 6 nitrogen and oxygen atoms in total. The van der Waals surface area contributed by atoms with E-state index in [0.29, 0.717) is 5.75 Å². The molecule has 1 aliphatic heterocycles. The van der Waals surface area contributed by atoms with Gasteiger partial charge in [0.1, 0.15) is 11.8 Å². The van der Waals surface area contributed by atoms with Gasteiger partial charge in [-0.05, 0) is 56.4 Å². The first-order chi connectivity index (χ1) is 15.2. The summed E-state index contributed by atoms with van der Waals surface area (Å²) in [4.78, 5) is 26.1. The summed E-state index contributed by atoms with van der Waals surface area (Å²) in [5, 5.41) is 9.67. The number of amides is 1. The third kappa shape index (κ3) is 6.70. The standard InChI is InChI=1S/C23H21F3NO5.CH3.U/c24-23(25,26)32-18-8-5-14(6-9-18)21(28)27-13-16-11-19(31-17-3-1-2-4-17)10-7-15(16)12-20(27)22(29)30;;/h5-9,11,17,20H,1-4,12-13H2,(H,29,30);1H3;/q2*-1;+2. The summed E-state index contributed by atoms with van der Waals surface area (Å²) >= 11 is 0. The fourth-order valence-electron chi connectivity index (χ4n) is 4.15. The van der Waals surface area contributed by atoms with Crippen LogP contribution in [0.4, 0.5) is 13.2 Å². The number of nitrogens with zero attached hydrogens (tertiary/aromatic N) is 1. The molecule has 1 aliphatic carbocycles. The Morgan fingerprint density at radius 2 is 1.74 bits per heavy atom. The molecule has 1 amide bonds. The Labute approximate surface area is 219 Å². The van der Waals surface area contributed by atoms with E-state index < -0.39 is 30.0 Å². The van der Waals surface area contributed by atoms with E-state index >= 15 is 0 Å². The van der Waals surface area contributed by atoms with Crippen molar-refractivity contribution in [2.24, 2.45) is 0 Å². The number of aliphatic carboxylic acids is 1. The zero-order valence-corrected chi connectivity index (χ0v) is 22.7. The number of hydrogen-bond donors (Lipinski definition) is 1. The molecule has 0 aromatic heterocycles. The number of halogens is 3. The van der Waals surface area contributed by atoms with Crippen molar-refractivity contribution >= 4 is 11.9 Å². The number of benzene rings is 2. The van der Waals surface area contributed by atoms with Crippen molar-refractivity contribution in [3.63, 3.8) is 0 Å². The number of carboxylic acid groups (broad SMARTS) is 1. The number of carbonyl (C=O) groups excluding carboxylic acids is 1. The second-order valence-corrected chi connectivity index (χ2v) is 7.94. The summed E-state index contributed by atoms with van der Waals surface area (Å²) in [6.45, 7) is 0.0433. The molecule has 0 spiro atoms. The van der Waals surface area contributed by atoms with Gasteiger partial charge >= 0.3 is 43.4 Å².